The zero-order valence-electron chi connectivity index (χ0n) is 12.3. The molecule has 6 heteroatoms. The topological polar surface area (TPSA) is 85.9 Å². The van der Waals surface area contributed by atoms with Crippen LogP contribution < -0.4 is 5.43 Å². The van der Waals surface area contributed by atoms with Crippen molar-refractivity contribution in [2.75, 3.05) is 19.7 Å². The number of nitrogens with zero attached hydrogens (tertiary/aromatic N) is 2. The fourth-order valence-corrected chi connectivity index (χ4v) is 2.34. The van der Waals surface area contributed by atoms with Crippen molar-refractivity contribution in [3.63, 3.8) is 0 Å². The molecule has 0 spiro atoms. The van der Waals surface area contributed by atoms with E-state index in [4.69, 9.17) is 5.11 Å². The van der Waals surface area contributed by atoms with Gasteiger partial charge in [-0.05, 0) is 20.4 Å². The fraction of sp³-hybridized carbons (Fsp3) is 0.643. The van der Waals surface area contributed by atoms with Crippen molar-refractivity contribution in [2.45, 2.75) is 40.0 Å². The third-order valence-corrected chi connectivity index (χ3v) is 3.32. The molecule has 0 unspecified atom stereocenters. The molecule has 1 heterocycles. The lowest BCUT2D eigenvalue weighted by Crippen LogP contribution is -2.30. The van der Waals surface area contributed by atoms with Crippen LogP contribution >= 0.6 is 0 Å². The van der Waals surface area contributed by atoms with Crippen molar-refractivity contribution in [2.24, 2.45) is 0 Å². The van der Waals surface area contributed by atoms with Gasteiger partial charge in [0.1, 0.15) is 0 Å². The molecule has 0 aliphatic rings. The Morgan fingerprint density at radius 2 is 2.00 bits per heavy atom. The molecule has 0 aliphatic heterocycles. The normalized spacial score (nSPS) is 11.6. The number of hydrogen-bond donors (Lipinski definition) is 3. The Kier molecular flexibility index (Phi) is 6.19. The van der Waals surface area contributed by atoms with E-state index in [1.54, 1.807) is 4.57 Å². The molecule has 20 heavy (non-hydrogen) atoms. The van der Waals surface area contributed by atoms with Gasteiger partial charge in [0, 0.05) is 30.9 Å². The van der Waals surface area contributed by atoms with E-state index < -0.39 is 5.43 Å². The Hall–Kier alpha value is -1.37. The number of aliphatic hydroxyl groups is 2. The highest BCUT2D eigenvalue weighted by molar-refractivity contribution is 5.30. The zero-order valence-corrected chi connectivity index (χ0v) is 12.3. The minimum Gasteiger partial charge on any atom is -0.503 e. The van der Waals surface area contributed by atoms with Crippen molar-refractivity contribution < 1.29 is 15.3 Å². The molecule has 114 valence electrons. The molecule has 1 aromatic rings. The van der Waals surface area contributed by atoms with Crippen molar-refractivity contribution in [1.29, 1.82) is 0 Å². The predicted octanol–water partition coefficient (Wildman–Crippen LogP) is 0.441. The van der Waals surface area contributed by atoms with Crippen LogP contribution in [0.2, 0.25) is 0 Å². The largest absolute Gasteiger partial charge is 0.503 e. The van der Waals surface area contributed by atoms with Gasteiger partial charge < -0.3 is 19.9 Å². The molecule has 1 aromatic heterocycles. The standard InChI is InChI=1S/C14H24N2O4/c1-4-15(5-6-17)8-12-14(20)13(19)7-11(9-18)16(12)10(2)3/h7,10,17-18,20H,4-6,8-9H2,1-3H3. The SMILES string of the molecule is CCN(CCO)Cc1c(O)c(=O)cc(CO)n1C(C)C. The smallest absolute Gasteiger partial charge is 0.223 e. The number of rotatable bonds is 7. The number of likely N-dealkylation sites (N-methyl/N-ethyl adjacent to an activating group) is 1. The number of aromatic nitrogens is 1. The van der Waals surface area contributed by atoms with Gasteiger partial charge in [0.15, 0.2) is 5.75 Å². The van der Waals surface area contributed by atoms with Crippen molar-refractivity contribution in [3.8, 4) is 5.75 Å². The van der Waals surface area contributed by atoms with Gasteiger partial charge in [0.2, 0.25) is 5.43 Å². The van der Waals surface area contributed by atoms with E-state index in [2.05, 4.69) is 0 Å². The van der Waals surface area contributed by atoms with Crippen LogP contribution in [0.3, 0.4) is 0 Å². The summed E-state index contributed by atoms with van der Waals surface area (Å²) in [5.41, 5.74) is 0.478. The average molecular weight is 284 g/mol. The van der Waals surface area contributed by atoms with E-state index in [0.29, 0.717) is 31.0 Å². The number of hydrogen-bond acceptors (Lipinski definition) is 5. The number of aromatic hydroxyl groups is 1. The highest BCUT2D eigenvalue weighted by Crippen LogP contribution is 2.21. The first-order valence-electron chi connectivity index (χ1n) is 6.86. The summed E-state index contributed by atoms with van der Waals surface area (Å²) in [7, 11) is 0. The summed E-state index contributed by atoms with van der Waals surface area (Å²) in [6.45, 7) is 7.06. The summed E-state index contributed by atoms with van der Waals surface area (Å²) >= 11 is 0. The van der Waals surface area contributed by atoms with E-state index in [-0.39, 0.29) is 25.0 Å². The van der Waals surface area contributed by atoms with Gasteiger partial charge in [0.25, 0.3) is 0 Å². The van der Waals surface area contributed by atoms with Crippen LogP contribution in [0.4, 0.5) is 0 Å². The summed E-state index contributed by atoms with van der Waals surface area (Å²) in [6, 6.07) is 1.27. The van der Waals surface area contributed by atoms with Crippen molar-refractivity contribution in [1.82, 2.24) is 9.47 Å². The second-order valence-corrected chi connectivity index (χ2v) is 5.01. The Morgan fingerprint density at radius 3 is 2.45 bits per heavy atom. The predicted molar refractivity (Wildman–Crippen MR) is 76.7 cm³/mol. The molecule has 0 fully saturated rings. The van der Waals surface area contributed by atoms with E-state index >= 15 is 0 Å². The van der Waals surface area contributed by atoms with E-state index in [1.807, 2.05) is 25.7 Å². The summed E-state index contributed by atoms with van der Waals surface area (Å²) in [5, 5.41) is 28.5. The quantitative estimate of drug-likeness (QED) is 0.676. The Labute approximate surface area is 118 Å². The molecule has 0 saturated heterocycles. The molecule has 0 saturated carbocycles. The summed E-state index contributed by atoms with van der Waals surface area (Å²) in [5.74, 6) is -0.285. The molecular formula is C14H24N2O4. The maximum atomic E-state index is 11.8. The van der Waals surface area contributed by atoms with Gasteiger partial charge in [-0.15, -0.1) is 0 Å². The van der Waals surface area contributed by atoms with Gasteiger partial charge in [0.05, 0.1) is 18.9 Å². The van der Waals surface area contributed by atoms with Crippen LogP contribution in [0.25, 0.3) is 0 Å². The molecule has 0 bridgehead atoms. The Morgan fingerprint density at radius 1 is 1.35 bits per heavy atom. The molecule has 0 amide bonds. The Bertz CT molecular complexity index is 497. The minimum absolute atomic E-state index is 0.00600. The third kappa shape index (κ3) is 3.59. The van der Waals surface area contributed by atoms with Crippen molar-refractivity contribution in [3.05, 3.63) is 27.7 Å². The minimum atomic E-state index is -0.485. The molecular weight excluding hydrogens is 260 g/mol. The highest BCUT2D eigenvalue weighted by Gasteiger charge is 2.18. The van der Waals surface area contributed by atoms with Gasteiger partial charge >= 0.3 is 0 Å². The maximum Gasteiger partial charge on any atom is 0.223 e. The highest BCUT2D eigenvalue weighted by atomic mass is 16.3. The fourth-order valence-electron chi connectivity index (χ4n) is 2.34. The van der Waals surface area contributed by atoms with Gasteiger partial charge in [-0.3, -0.25) is 9.69 Å². The molecule has 0 atom stereocenters. The molecule has 3 N–H and O–H groups in total. The van der Waals surface area contributed by atoms with E-state index in [9.17, 15) is 15.0 Å². The lowest BCUT2D eigenvalue weighted by atomic mass is 10.2. The summed E-state index contributed by atoms with van der Waals surface area (Å²) in [6.07, 6.45) is 0. The monoisotopic (exact) mass is 284 g/mol. The van der Waals surface area contributed by atoms with Crippen LogP contribution in [-0.2, 0) is 13.2 Å². The van der Waals surface area contributed by atoms with Crippen LogP contribution in [0, 0.1) is 0 Å². The molecule has 0 aliphatic carbocycles. The molecule has 0 radical (unpaired) electrons. The van der Waals surface area contributed by atoms with Crippen LogP contribution in [-0.4, -0.2) is 44.5 Å². The first-order chi connectivity index (χ1) is 9.46. The van der Waals surface area contributed by atoms with Crippen molar-refractivity contribution >= 4 is 0 Å². The average Bonchev–Trinajstić information content (AvgIpc) is 2.42. The first kappa shape index (κ1) is 16.7. The number of aliphatic hydroxyl groups excluding tert-OH is 2. The van der Waals surface area contributed by atoms with Gasteiger partial charge in [-0.1, -0.05) is 6.92 Å². The molecule has 1 rings (SSSR count). The lowest BCUT2D eigenvalue weighted by Gasteiger charge is -2.26. The van der Waals surface area contributed by atoms with Gasteiger partial charge in [-0.25, -0.2) is 0 Å². The molecule has 0 aromatic carbocycles. The third-order valence-electron chi connectivity index (χ3n) is 3.32. The number of pyridine rings is 1. The summed E-state index contributed by atoms with van der Waals surface area (Å²) < 4.78 is 1.77. The summed E-state index contributed by atoms with van der Waals surface area (Å²) in [4.78, 5) is 13.7. The van der Waals surface area contributed by atoms with E-state index in [1.165, 1.54) is 6.07 Å². The second-order valence-electron chi connectivity index (χ2n) is 5.01. The van der Waals surface area contributed by atoms with Crippen LogP contribution in [0.15, 0.2) is 10.9 Å². The van der Waals surface area contributed by atoms with Gasteiger partial charge in [-0.2, -0.15) is 0 Å². The van der Waals surface area contributed by atoms with Crippen LogP contribution in [0.1, 0.15) is 38.2 Å². The lowest BCUT2D eigenvalue weighted by molar-refractivity contribution is 0.189. The molecule has 6 nitrogen and oxygen atoms in total. The Balaban J connectivity index is 3.34. The first-order valence-corrected chi connectivity index (χ1v) is 6.86. The van der Waals surface area contributed by atoms with E-state index in [0.717, 1.165) is 0 Å². The van der Waals surface area contributed by atoms with Crippen LogP contribution in [0.5, 0.6) is 5.75 Å². The maximum absolute atomic E-state index is 11.8. The zero-order chi connectivity index (χ0) is 15.3. The second kappa shape index (κ2) is 7.42.